The van der Waals surface area contributed by atoms with E-state index in [1.54, 1.807) is 11.5 Å². The van der Waals surface area contributed by atoms with Crippen LogP contribution in [-0.2, 0) is 20.8 Å². The quantitative estimate of drug-likeness (QED) is 0.555. The van der Waals surface area contributed by atoms with Gasteiger partial charge >= 0.3 is 0 Å². The normalized spacial score (nSPS) is 18.9. The Hall–Kier alpha value is -2.61. The van der Waals surface area contributed by atoms with Gasteiger partial charge in [0.25, 0.3) is 5.91 Å². The molecule has 3 amide bonds. The van der Waals surface area contributed by atoms with Crippen LogP contribution in [0, 0.1) is 5.92 Å². The summed E-state index contributed by atoms with van der Waals surface area (Å²) in [6.45, 7) is 0.634. The van der Waals surface area contributed by atoms with Gasteiger partial charge in [-0.1, -0.05) is 17.7 Å². The molecule has 0 aromatic carbocycles. The monoisotopic (exact) mass is 386 g/mol. The second kappa shape index (κ2) is 9.36. The van der Waals surface area contributed by atoms with E-state index < -0.39 is 17.7 Å². The summed E-state index contributed by atoms with van der Waals surface area (Å²) in [5.74, 6) is -1.99. The van der Waals surface area contributed by atoms with Crippen LogP contribution in [-0.4, -0.2) is 35.5 Å². The Morgan fingerprint density at radius 1 is 1.30 bits per heavy atom. The van der Waals surface area contributed by atoms with E-state index in [0.717, 1.165) is 19.3 Å². The number of anilines is 1. The Morgan fingerprint density at radius 2 is 2.19 bits per heavy atom. The SMILES string of the molecule is O=C(Cc1csc(NC(=O)C2C=CC=NC2=O)n1)NCCC1=CCCCC1. The fourth-order valence-electron chi connectivity index (χ4n) is 2.99. The van der Waals surface area contributed by atoms with Crippen LogP contribution in [0.2, 0.25) is 0 Å². The van der Waals surface area contributed by atoms with Gasteiger partial charge in [-0.25, -0.2) is 9.98 Å². The second-order valence-electron chi connectivity index (χ2n) is 6.50. The maximum absolute atomic E-state index is 12.1. The molecule has 2 heterocycles. The van der Waals surface area contributed by atoms with Crippen molar-refractivity contribution in [1.82, 2.24) is 10.3 Å². The molecule has 142 valence electrons. The molecule has 1 aromatic heterocycles. The third-order valence-corrected chi connectivity index (χ3v) is 5.22. The number of hydrogen-bond acceptors (Lipinski definition) is 5. The fourth-order valence-corrected chi connectivity index (χ4v) is 3.70. The summed E-state index contributed by atoms with van der Waals surface area (Å²) < 4.78 is 0. The zero-order valence-corrected chi connectivity index (χ0v) is 15.8. The van der Waals surface area contributed by atoms with Crippen molar-refractivity contribution >= 4 is 40.4 Å². The molecule has 0 saturated carbocycles. The van der Waals surface area contributed by atoms with E-state index in [1.807, 2.05) is 0 Å². The van der Waals surface area contributed by atoms with E-state index in [2.05, 4.69) is 26.7 Å². The number of allylic oxidation sites excluding steroid dienone is 2. The number of hydrogen-bond donors (Lipinski definition) is 2. The van der Waals surface area contributed by atoms with Crippen LogP contribution in [0.1, 0.15) is 37.8 Å². The van der Waals surface area contributed by atoms with Crippen molar-refractivity contribution in [2.45, 2.75) is 38.5 Å². The van der Waals surface area contributed by atoms with Gasteiger partial charge in [-0.2, -0.15) is 0 Å². The summed E-state index contributed by atoms with van der Waals surface area (Å²) in [5.41, 5.74) is 2.02. The molecule has 2 N–H and O–H groups in total. The lowest BCUT2D eigenvalue weighted by molar-refractivity contribution is -0.128. The van der Waals surface area contributed by atoms with Gasteiger partial charge in [0, 0.05) is 18.1 Å². The summed E-state index contributed by atoms with van der Waals surface area (Å²) >= 11 is 1.23. The molecule has 3 rings (SSSR count). The predicted molar refractivity (Wildman–Crippen MR) is 105 cm³/mol. The van der Waals surface area contributed by atoms with Crippen LogP contribution in [0.15, 0.2) is 34.2 Å². The zero-order chi connectivity index (χ0) is 19.1. The van der Waals surface area contributed by atoms with Crippen LogP contribution in [0.4, 0.5) is 5.13 Å². The van der Waals surface area contributed by atoms with Crippen molar-refractivity contribution in [3.8, 4) is 0 Å². The first kappa shape index (κ1) is 19.2. The lowest BCUT2D eigenvalue weighted by atomic mass is 9.97. The van der Waals surface area contributed by atoms with Gasteiger partial charge in [0.15, 0.2) is 5.13 Å². The van der Waals surface area contributed by atoms with Gasteiger partial charge in [-0.15, -0.1) is 11.3 Å². The highest BCUT2D eigenvalue weighted by Gasteiger charge is 2.25. The number of nitrogens with zero attached hydrogens (tertiary/aromatic N) is 2. The van der Waals surface area contributed by atoms with Crippen molar-refractivity contribution < 1.29 is 14.4 Å². The van der Waals surface area contributed by atoms with E-state index >= 15 is 0 Å². The maximum atomic E-state index is 12.1. The summed E-state index contributed by atoms with van der Waals surface area (Å²) in [5, 5.41) is 7.62. The van der Waals surface area contributed by atoms with E-state index in [1.165, 1.54) is 42.0 Å². The standard InChI is InChI=1S/C19H22N4O3S/c24-16(20-10-8-13-5-2-1-3-6-13)11-14-12-27-19(22-14)23-18(26)15-7-4-9-21-17(15)25/h4-5,7,9,12,15H,1-3,6,8,10-11H2,(H,20,24)(H,22,23,26). The van der Waals surface area contributed by atoms with Gasteiger partial charge in [0.1, 0.15) is 5.92 Å². The van der Waals surface area contributed by atoms with Crippen molar-refractivity contribution in [2.75, 3.05) is 11.9 Å². The third-order valence-electron chi connectivity index (χ3n) is 4.42. The number of aliphatic imine (C=N–C) groups is 1. The van der Waals surface area contributed by atoms with Gasteiger partial charge in [0.05, 0.1) is 12.1 Å². The molecule has 1 aromatic rings. The summed E-state index contributed by atoms with van der Waals surface area (Å²) in [6.07, 6.45) is 12.5. The summed E-state index contributed by atoms with van der Waals surface area (Å²) in [4.78, 5) is 43.6. The first-order valence-corrected chi connectivity index (χ1v) is 9.94. The van der Waals surface area contributed by atoms with Gasteiger partial charge in [0.2, 0.25) is 11.8 Å². The molecule has 1 unspecified atom stereocenters. The predicted octanol–water partition coefficient (Wildman–Crippen LogP) is 2.41. The molecule has 1 aliphatic heterocycles. The average molecular weight is 386 g/mol. The van der Waals surface area contributed by atoms with Gasteiger partial charge < -0.3 is 10.6 Å². The minimum atomic E-state index is -0.931. The minimum Gasteiger partial charge on any atom is -0.355 e. The highest BCUT2D eigenvalue weighted by molar-refractivity contribution is 7.14. The van der Waals surface area contributed by atoms with Gasteiger partial charge in [-0.3, -0.25) is 14.4 Å². The smallest absolute Gasteiger partial charge is 0.262 e. The number of carbonyl (C=O) groups excluding carboxylic acids is 3. The van der Waals surface area contributed by atoms with Crippen LogP contribution >= 0.6 is 11.3 Å². The van der Waals surface area contributed by atoms with Crippen molar-refractivity contribution in [2.24, 2.45) is 10.9 Å². The number of dihydropyridines is 1. The second-order valence-corrected chi connectivity index (χ2v) is 7.36. The highest BCUT2D eigenvalue weighted by atomic mass is 32.1. The number of amides is 3. The topological polar surface area (TPSA) is 101 Å². The minimum absolute atomic E-state index is 0.0886. The number of carbonyl (C=O) groups is 3. The molecule has 0 saturated heterocycles. The van der Waals surface area contributed by atoms with E-state index in [4.69, 9.17) is 0 Å². The molecule has 0 spiro atoms. The number of thiazole rings is 1. The molecule has 8 heteroatoms. The average Bonchev–Trinajstić information content (AvgIpc) is 3.09. The largest absolute Gasteiger partial charge is 0.355 e. The molecule has 0 bridgehead atoms. The van der Waals surface area contributed by atoms with Crippen LogP contribution in [0.25, 0.3) is 0 Å². The zero-order valence-electron chi connectivity index (χ0n) is 14.9. The molecule has 1 aliphatic carbocycles. The van der Waals surface area contributed by atoms with Crippen molar-refractivity contribution in [1.29, 1.82) is 0 Å². The molecule has 0 fully saturated rings. The first-order valence-electron chi connectivity index (χ1n) is 9.06. The highest BCUT2D eigenvalue weighted by Crippen LogP contribution is 2.20. The van der Waals surface area contributed by atoms with Crippen LogP contribution in [0.5, 0.6) is 0 Å². The molecule has 27 heavy (non-hydrogen) atoms. The summed E-state index contributed by atoms with van der Waals surface area (Å²) in [7, 11) is 0. The number of rotatable bonds is 7. The Bertz CT molecular complexity index is 810. The van der Waals surface area contributed by atoms with Crippen LogP contribution in [0.3, 0.4) is 0 Å². The lowest BCUT2D eigenvalue weighted by Gasteiger charge is -2.12. The van der Waals surface area contributed by atoms with Crippen LogP contribution < -0.4 is 10.6 Å². The first-order chi connectivity index (χ1) is 13.1. The number of nitrogens with one attached hydrogen (secondary N) is 2. The van der Waals surface area contributed by atoms with E-state index in [9.17, 15) is 14.4 Å². The van der Waals surface area contributed by atoms with Crippen molar-refractivity contribution in [3.05, 3.63) is 34.9 Å². The molecular weight excluding hydrogens is 364 g/mol. The number of aromatic nitrogens is 1. The van der Waals surface area contributed by atoms with Gasteiger partial charge in [-0.05, 0) is 38.2 Å². The Morgan fingerprint density at radius 3 is 2.96 bits per heavy atom. The summed E-state index contributed by atoms with van der Waals surface area (Å²) in [6, 6.07) is 0. The van der Waals surface area contributed by atoms with E-state index in [-0.39, 0.29) is 12.3 Å². The van der Waals surface area contributed by atoms with E-state index in [0.29, 0.717) is 17.4 Å². The lowest BCUT2D eigenvalue weighted by Crippen LogP contribution is -2.28. The molecule has 1 atom stereocenters. The third kappa shape index (κ3) is 5.68. The maximum Gasteiger partial charge on any atom is 0.262 e. The Kier molecular flexibility index (Phi) is 6.64. The van der Waals surface area contributed by atoms with Crippen molar-refractivity contribution in [3.63, 3.8) is 0 Å². The Balaban J connectivity index is 1.43. The molecule has 2 aliphatic rings. The Labute approximate surface area is 161 Å². The molecule has 0 radical (unpaired) electrons. The molecule has 7 nitrogen and oxygen atoms in total. The molecular formula is C19H22N4O3S. The fraction of sp³-hybridized carbons (Fsp3) is 0.421.